The van der Waals surface area contributed by atoms with E-state index in [9.17, 15) is 14.7 Å². The Labute approximate surface area is 184 Å². The first-order valence-electron chi connectivity index (χ1n) is 9.39. The molecule has 2 aromatic carbocycles. The van der Waals surface area contributed by atoms with Gasteiger partial charge in [0.1, 0.15) is 16.1 Å². The Hall–Kier alpha value is -3.42. The summed E-state index contributed by atoms with van der Waals surface area (Å²) in [5.41, 5.74) is 4.26. The molecule has 0 atom stereocenters. The van der Waals surface area contributed by atoms with E-state index < -0.39 is 5.97 Å². The SMILES string of the molecule is Cc1cc2nc3s/c(=C\c4ccc(-c5ccc(Cl)c(C(=O)O)c5)o4)c(=O)n3c2cc1C. The number of aromatic carboxylic acids is 1. The fraction of sp³-hybridized carbons (Fsp3) is 0.0870. The molecule has 0 amide bonds. The van der Waals surface area contributed by atoms with Crippen LogP contribution in [0.15, 0.2) is 51.7 Å². The van der Waals surface area contributed by atoms with Crippen molar-refractivity contribution in [2.45, 2.75) is 13.8 Å². The van der Waals surface area contributed by atoms with Crippen LogP contribution >= 0.6 is 22.9 Å². The number of thiazole rings is 1. The van der Waals surface area contributed by atoms with Crippen LogP contribution in [0.25, 0.3) is 33.4 Å². The molecule has 0 radical (unpaired) electrons. The standard InChI is InChI=1S/C23H15ClN2O4S/c1-11-7-17-18(8-12(11)2)26-21(27)20(31-23(26)25-17)10-14-4-6-19(30-14)13-3-5-16(24)15(9-13)22(28)29/h3-10H,1-2H3,(H,28,29)/b20-10-. The number of imidazole rings is 1. The Morgan fingerprint density at radius 1 is 1.16 bits per heavy atom. The molecule has 0 aliphatic carbocycles. The van der Waals surface area contributed by atoms with Crippen LogP contribution in [0.3, 0.4) is 0 Å². The van der Waals surface area contributed by atoms with Gasteiger partial charge in [0.05, 0.1) is 21.6 Å². The molecule has 3 heterocycles. The lowest BCUT2D eigenvalue weighted by atomic mass is 10.1. The molecule has 0 aliphatic heterocycles. The van der Waals surface area contributed by atoms with E-state index in [1.807, 2.05) is 26.0 Å². The van der Waals surface area contributed by atoms with Crippen LogP contribution in [0.1, 0.15) is 27.2 Å². The van der Waals surface area contributed by atoms with Gasteiger partial charge in [0.15, 0.2) is 4.96 Å². The number of furan rings is 1. The van der Waals surface area contributed by atoms with Gasteiger partial charge in [-0.1, -0.05) is 22.9 Å². The Morgan fingerprint density at radius 3 is 2.71 bits per heavy atom. The van der Waals surface area contributed by atoms with Crippen LogP contribution in [0.2, 0.25) is 5.02 Å². The van der Waals surface area contributed by atoms with E-state index in [2.05, 4.69) is 4.98 Å². The Kier molecular flexibility index (Phi) is 4.46. The number of benzene rings is 2. The molecule has 0 saturated carbocycles. The summed E-state index contributed by atoms with van der Waals surface area (Å²) < 4.78 is 7.98. The summed E-state index contributed by atoms with van der Waals surface area (Å²) in [6.45, 7) is 4.03. The zero-order valence-electron chi connectivity index (χ0n) is 16.5. The number of aryl methyl sites for hydroxylation is 2. The Bertz CT molecular complexity index is 1630. The molecule has 154 valence electrons. The van der Waals surface area contributed by atoms with Gasteiger partial charge in [0.2, 0.25) is 0 Å². The summed E-state index contributed by atoms with van der Waals surface area (Å²) in [5, 5.41) is 9.42. The molecule has 6 nitrogen and oxygen atoms in total. The van der Waals surface area contributed by atoms with Crippen LogP contribution in [-0.2, 0) is 0 Å². The second kappa shape index (κ2) is 7.08. The maximum atomic E-state index is 13.0. The number of carboxylic acids is 1. The lowest BCUT2D eigenvalue weighted by Crippen LogP contribution is -2.22. The summed E-state index contributed by atoms with van der Waals surface area (Å²) >= 11 is 7.24. The van der Waals surface area contributed by atoms with Gasteiger partial charge >= 0.3 is 5.97 Å². The molecule has 3 aromatic heterocycles. The highest BCUT2D eigenvalue weighted by atomic mass is 35.5. The lowest BCUT2D eigenvalue weighted by molar-refractivity contribution is 0.0697. The van der Waals surface area contributed by atoms with Gasteiger partial charge < -0.3 is 9.52 Å². The summed E-state index contributed by atoms with van der Waals surface area (Å²) in [6.07, 6.45) is 1.67. The average Bonchev–Trinajstić information content (AvgIpc) is 3.39. The third-order valence-electron chi connectivity index (χ3n) is 5.24. The first kappa shape index (κ1) is 19.5. The Morgan fingerprint density at radius 2 is 1.94 bits per heavy atom. The monoisotopic (exact) mass is 450 g/mol. The number of nitrogens with zero attached hydrogens (tertiary/aromatic N) is 2. The highest BCUT2D eigenvalue weighted by Crippen LogP contribution is 2.27. The van der Waals surface area contributed by atoms with Gasteiger partial charge in [0.25, 0.3) is 5.56 Å². The lowest BCUT2D eigenvalue weighted by Gasteiger charge is -2.01. The highest BCUT2D eigenvalue weighted by Gasteiger charge is 2.14. The highest BCUT2D eigenvalue weighted by molar-refractivity contribution is 7.15. The van der Waals surface area contributed by atoms with E-state index >= 15 is 0 Å². The van der Waals surface area contributed by atoms with Crippen LogP contribution in [0, 0.1) is 13.8 Å². The zero-order chi connectivity index (χ0) is 21.9. The van der Waals surface area contributed by atoms with Gasteiger partial charge in [-0.3, -0.25) is 4.79 Å². The van der Waals surface area contributed by atoms with Crippen molar-refractivity contribution < 1.29 is 14.3 Å². The predicted octanol–water partition coefficient (Wildman–Crippen LogP) is 4.69. The van der Waals surface area contributed by atoms with E-state index in [-0.39, 0.29) is 16.1 Å². The minimum absolute atomic E-state index is 0.000158. The van der Waals surface area contributed by atoms with Crippen LogP contribution in [0.4, 0.5) is 0 Å². The molecule has 0 aliphatic rings. The predicted molar refractivity (Wildman–Crippen MR) is 121 cm³/mol. The van der Waals surface area contributed by atoms with E-state index in [1.165, 1.54) is 23.5 Å². The molecule has 31 heavy (non-hydrogen) atoms. The van der Waals surface area contributed by atoms with Gasteiger partial charge in [-0.2, -0.15) is 0 Å². The maximum absolute atomic E-state index is 13.0. The van der Waals surface area contributed by atoms with Gasteiger partial charge in [-0.05, 0) is 67.4 Å². The molecule has 0 fully saturated rings. The van der Waals surface area contributed by atoms with Crippen molar-refractivity contribution in [2.24, 2.45) is 0 Å². The van der Waals surface area contributed by atoms with Crippen molar-refractivity contribution in [1.82, 2.24) is 9.38 Å². The largest absolute Gasteiger partial charge is 0.478 e. The first-order chi connectivity index (χ1) is 14.8. The topological polar surface area (TPSA) is 84.8 Å². The molecular formula is C23H15ClN2O4S. The van der Waals surface area contributed by atoms with E-state index in [1.54, 1.807) is 28.7 Å². The molecular weight excluding hydrogens is 436 g/mol. The summed E-state index contributed by atoms with van der Waals surface area (Å²) in [4.78, 5) is 29.6. The number of carboxylic acid groups (broad SMARTS) is 1. The van der Waals surface area contributed by atoms with Gasteiger partial charge in [-0.15, -0.1) is 0 Å². The molecule has 5 rings (SSSR count). The fourth-order valence-corrected chi connectivity index (χ4v) is 4.64. The second-order valence-corrected chi connectivity index (χ2v) is 8.69. The van der Waals surface area contributed by atoms with E-state index in [0.29, 0.717) is 26.6 Å². The number of rotatable bonds is 3. The zero-order valence-corrected chi connectivity index (χ0v) is 18.0. The first-order valence-corrected chi connectivity index (χ1v) is 10.6. The third-order valence-corrected chi connectivity index (χ3v) is 6.53. The van der Waals surface area contributed by atoms with Crippen LogP contribution in [-0.4, -0.2) is 20.5 Å². The van der Waals surface area contributed by atoms with Crippen molar-refractivity contribution in [3.05, 3.63) is 84.8 Å². The average molecular weight is 451 g/mol. The molecule has 5 aromatic rings. The molecule has 1 N–H and O–H groups in total. The Balaban J connectivity index is 1.59. The fourth-order valence-electron chi connectivity index (χ4n) is 3.48. The number of halogens is 1. The minimum Gasteiger partial charge on any atom is -0.478 e. The van der Waals surface area contributed by atoms with Crippen molar-refractivity contribution >= 4 is 51.0 Å². The normalized spacial score (nSPS) is 12.3. The molecule has 0 saturated heterocycles. The van der Waals surface area contributed by atoms with Gasteiger partial charge in [0, 0.05) is 11.6 Å². The summed E-state index contributed by atoms with van der Waals surface area (Å²) in [7, 11) is 0. The number of aromatic nitrogens is 2. The van der Waals surface area contributed by atoms with Crippen LogP contribution in [0.5, 0.6) is 0 Å². The van der Waals surface area contributed by atoms with E-state index in [4.69, 9.17) is 16.0 Å². The number of hydrogen-bond acceptors (Lipinski definition) is 5. The van der Waals surface area contributed by atoms with Crippen molar-refractivity contribution in [2.75, 3.05) is 0 Å². The van der Waals surface area contributed by atoms with Gasteiger partial charge in [-0.25, -0.2) is 14.2 Å². The van der Waals surface area contributed by atoms with Crippen LogP contribution < -0.4 is 10.1 Å². The van der Waals surface area contributed by atoms with Crippen molar-refractivity contribution in [3.63, 3.8) is 0 Å². The van der Waals surface area contributed by atoms with E-state index in [0.717, 1.165) is 22.2 Å². The summed E-state index contributed by atoms with van der Waals surface area (Å²) in [6, 6.07) is 12.1. The third kappa shape index (κ3) is 3.22. The molecule has 0 spiro atoms. The maximum Gasteiger partial charge on any atom is 0.337 e. The number of fused-ring (bicyclic) bond motifs is 3. The number of carbonyl (C=O) groups is 1. The number of hydrogen-bond donors (Lipinski definition) is 1. The smallest absolute Gasteiger partial charge is 0.337 e. The molecule has 0 bridgehead atoms. The van der Waals surface area contributed by atoms with Crippen molar-refractivity contribution in [1.29, 1.82) is 0 Å². The molecule has 0 unspecified atom stereocenters. The molecule has 8 heteroatoms. The van der Waals surface area contributed by atoms with Crippen molar-refractivity contribution in [3.8, 4) is 11.3 Å². The second-order valence-electron chi connectivity index (χ2n) is 7.27. The summed E-state index contributed by atoms with van der Waals surface area (Å²) in [5.74, 6) is -0.142. The quantitative estimate of drug-likeness (QED) is 0.431. The minimum atomic E-state index is -1.11.